The van der Waals surface area contributed by atoms with E-state index in [4.69, 9.17) is 14.6 Å². The molecule has 168 valence electrons. The van der Waals surface area contributed by atoms with Crippen LogP contribution in [0.2, 0.25) is 0 Å². The van der Waals surface area contributed by atoms with E-state index in [1.165, 1.54) is 14.2 Å². The summed E-state index contributed by atoms with van der Waals surface area (Å²) in [6.07, 6.45) is 2.17. The van der Waals surface area contributed by atoms with Crippen molar-refractivity contribution in [3.05, 3.63) is 23.3 Å². The molecule has 3 N–H and O–H groups in total. The molecule has 0 spiro atoms. The third-order valence-electron chi connectivity index (χ3n) is 5.39. The number of primary sulfonamides is 1. The monoisotopic (exact) mass is 441 g/mol. The smallest absolute Gasteiger partial charge is 0.254 e. The lowest BCUT2D eigenvalue weighted by atomic mass is 10.1. The largest absolute Gasteiger partial charge is 0.496 e. The second kappa shape index (κ2) is 10.1. The highest BCUT2D eigenvalue weighted by Gasteiger charge is 2.33. The molecular formula is C20H31N3O6S. The predicted molar refractivity (Wildman–Crippen MR) is 113 cm³/mol. The second-order valence-corrected chi connectivity index (χ2v) is 9.16. The molecule has 9 nitrogen and oxygen atoms in total. The van der Waals surface area contributed by atoms with Crippen LogP contribution in [0, 0.1) is 6.92 Å². The van der Waals surface area contributed by atoms with E-state index in [-0.39, 0.29) is 24.9 Å². The van der Waals surface area contributed by atoms with Crippen LogP contribution in [-0.2, 0) is 14.8 Å². The van der Waals surface area contributed by atoms with Gasteiger partial charge in [-0.25, -0.2) is 13.6 Å². The van der Waals surface area contributed by atoms with Gasteiger partial charge in [-0.15, -0.1) is 0 Å². The van der Waals surface area contributed by atoms with Gasteiger partial charge in [-0.1, -0.05) is 13.3 Å². The van der Waals surface area contributed by atoms with Gasteiger partial charge in [0.2, 0.25) is 15.9 Å². The van der Waals surface area contributed by atoms with Crippen molar-refractivity contribution in [3.8, 4) is 11.5 Å². The van der Waals surface area contributed by atoms with Gasteiger partial charge in [0.1, 0.15) is 11.5 Å². The van der Waals surface area contributed by atoms with Crippen LogP contribution in [0.15, 0.2) is 12.1 Å². The normalized spacial score (nSPS) is 17.5. The zero-order valence-corrected chi connectivity index (χ0v) is 18.8. The number of likely N-dealkylation sites (tertiary alicyclic amines) is 1. The number of methoxy groups -OCH3 is 2. The number of carbonyl (C=O) groups is 2. The lowest BCUT2D eigenvalue weighted by Crippen LogP contribution is -2.48. The van der Waals surface area contributed by atoms with Gasteiger partial charge in [-0.05, 0) is 38.3 Å². The summed E-state index contributed by atoms with van der Waals surface area (Å²) in [5, 5.41) is 6.58. The number of ether oxygens (including phenoxy) is 2. The van der Waals surface area contributed by atoms with Crippen LogP contribution in [0.3, 0.4) is 0 Å². The molecule has 10 heteroatoms. The molecule has 30 heavy (non-hydrogen) atoms. The van der Waals surface area contributed by atoms with Gasteiger partial charge in [0.15, 0.2) is 5.25 Å². The topological polar surface area (TPSA) is 128 Å². The van der Waals surface area contributed by atoms with Crippen LogP contribution >= 0.6 is 0 Å². The molecule has 1 aliphatic heterocycles. The number of benzene rings is 1. The molecule has 0 radical (unpaired) electrons. The molecule has 1 heterocycles. The van der Waals surface area contributed by atoms with E-state index in [0.717, 1.165) is 12.0 Å². The Labute approximate surface area is 177 Å². The molecule has 2 rings (SSSR count). The van der Waals surface area contributed by atoms with E-state index in [1.54, 1.807) is 24.0 Å². The average molecular weight is 442 g/mol. The maximum Gasteiger partial charge on any atom is 0.254 e. The van der Waals surface area contributed by atoms with Gasteiger partial charge < -0.3 is 19.7 Å². The van der Waals surface area contributed by atoms with E-state index in [9.17, 15) is 18.0 Å². The number of sulfonamides is 1. The fourth-order valence-corrected chi connectivity index (χ4v) is 4.68. The summed E-state index contributed by atoms with van der Waals surface area (Å²) < 4.78 is 34.1. The van der Waals surface area contributed by atoms with Crippen molar-refractivity contribution >= 4 is 21.8 Å². The van der Waals surface area contributed by atoms with E-state index in [0.29, 0.717) is 36.4 Å². The van der Waals surface area contributed by atoms with Crippen molar-refractivity contribution in [2.45, 2.75) is 50.8 Å². The molecule has 2 amide bonds. The van der Waals surface area contributed by atoms with Crippen LogP contribution < -0.4 is 19.9 Å². The Morgan fingerprint density at radius 2 is 1.87 bits per heavy atom. The maximum atomic E-state index is 13.1. The van der Waals surface area contributed by atoms with Crippen LogP contribution in [0.1, 0.15) is 48.5 Å². The van der Waals surface area contributed by atoms with Gasteiger partial charge in [0.25, 0.3) is 5.91 Å². The Hall–Kier alpha value is -2.33. The third kappa shape index (κ3) is 5.42. The minimum Gasteiger partial charge on any atom is -0.496 e. The minimum absolute atomic E-state index is 0.154. The van der Waals surface area contributed by atoms with E-state index in [1.807, 2.05) is 6.92 Å². The molecular weight excluding hydrogens is 410 g/mol. The van der Waals surface area contributed by atoms with E-state index in [2.05, 4.69) is 5.32 Å². The number of hydrogen-bond donors (Lipinski definition) is 2. The zero-order valence-electron chi connectivity index (χ0n) is 17.9. The first-order valence-corrected chi connectivity index (χ1v) is 11.6. The number of rotatable bonds is 9. The molecule has 2 atom stereocenters. The summed E-state index contributed by atoms with van der Waals surface area (Å²) in [6.45, 7) is 4.34. The van der Waals surface area contributed by atoms with E-state index < -0.39 is 21.2 Å². The minimum atomic E-state index is -3.98. The molecule has 0 bridgehead atoms. The number of nitrogens with zero attached hydrogens (tertiary/aromatic N) is 1. The van der Waals surface area contributed by atoms with E-state index >= 15 is 0 Å². The van der Waals surface area contributed by atoms with Gasteiger partial charge in [0, 0.05) is 30.3 Å². The molecule has 1 fully saturated rings. The lowest BCUT2D eigenvalue weighted by Gasteiger charge is -2.26. The number of nitrogens with one attached hydrogen (secondary N) is 1. The summed E-state index contributed by atoms with van der Waals surface area (Å²) >= 11 is 0. The van der Waals surface area contributed by atoms with Crippen LogP contribution in [0.4, 0.5) is 0 Å². The molecule has 1 aromatic rings. The first-order chi connectivity index (χ1) is 14.1. The van der Waals surface area contributed by atoms with Gasteiger partial charge in [-0.3, -0.25) is 9.59 Å². The fraction of sp³-hybridized carbons (Fsp3) is 0.600. The highest BCUT2D eigenvalue weighted by atomic mass is 32.2. The average Bonchev–Trinajstić information content (AvgIpc) is 3.17. The summed E-state index contributed by atoms with van der Waals surface area (Å²) in [7, 11) is -0.924. The quantitative estimate of drug-likeness (QED) is 0.592. The standard InChI is InChI=1S/C20H31N3O6S/c1-5-7-18(30(21,26)27)19(24)22-12-15-8-6-9-23(15)20(25)14-10-16(28-3)13(2)17(11-14)29-4/h10-11,15,18H,5-9,12H2,1-4H3,(H,22,24)(H2,21,26,27)/t15-,18?/m1/s1. The number of amides is 2. The number of carbonyl (C=O) groups excluding carboxylic acids is 2. The molecule has 0 aromatic heterocycles. The summed E-state index contributed by atoms with van der Waals surface area (Å²) in [4.78, 5) is 27.2. The second-order valence-electron chi connectivity index (χ2n) is 7.41. The Balaban J connectivity index is 2.14. The predicted octanol–water partition coefficient (Wildman–Crippen LogP) is 1.19. The zero-order chi connectivity index (χ0) is 22.5. The summed E-state index contributed by atoms with van der Waals surface area (Å²) in [6, 6.07) is 3.11. The maximum absolute atomic E-state index is 13.1. The number of nitrogens with two attached hydrogens (primary N) is 1. The Morgan fingerprint density at radius 1 is 1.27 bits per heavy atom. The van der Waals surface area contributed by atoms with Gasteiger partial charge >= 0.3 is 0 Å². The first-order valence-electron chi connectivity index (χ1n) is 9.96. The SMILES string of the molecule is CCCC(C(=O)NC[C@H]1CCCN1C(=O)c1cc(OC)c(C)c(OC)c1)S(N)(=O)=O. The van der Waals surface area contributed by atoms with Gasteiger partial charge in [-0.2, -0.15) is 0 Å². The Bertz CT molecular complexity index is 862. The van der Waals surface area contributed by atoms with Crippen molar-refractivity contribution in [3.63, 3.8) is 0 Å². The molecule has 0 aliphatic carbocycles. The van der Waals surface area contributed by atoms with Crippen molar-refractivity contribution in [1.82, 2.24) is 10.2 Å². The summed E-state index contributed by atoms with van der Waals surface area (Å²) in [5.74, 6) is 0.284. The van der Waals surface area contributed by atoms with Crippen LogP contribution in [0.5, 0.6) is 11.5 Å². The third-order valence-corrected chi connectivity index (χ3v) is 6.63. The van der Waals surface area contributed by atoms with Crippen LogP contribution in [0.25, 0.3) is 0 Å². The van der Waals surface area contributed by atoms with Crippen LogP contribution in [-0.4, -0.2) is 63.7 Å². The number of hydrogen-bond acceptors (Lipinski definition) is 6. The Morgan fingerprint density at radius 3 is 2.37 bits per heavy atom. The van der Waals surface area contributed by atoms with Gasteiger partial charge in [0.05, 0.1) is 14.2 Å². The van der Waals surface area contributed by atoms with Crippen molar-refractivity contribution in [2.75, 3.05) is 27.3 Å². The molecule has 1 saturated heterocycles. The van der Waals surface area contributed by atoms with Crippen molar-refractivity contribution in [1.29, 1.82) is 0 Å². The molecule has 1 unspecified atom stereocenters. The molecule has 1 aliphatic rings. The first kappa shape index (κ1) is 23.9. The molecule has 0 saturated carbocycles. The van der Waals surface area contributed by atoms with Crippen molar-refractivity contribution in [2.24, 2.45) is 5.14 Å². The lowest BCUT2D eigenvalue weighted by molar-refractivity contribution is -0.121. The highest BCUT2D eigenvalue weighted by molar-refractivity contribution is 7.90. The Kier molecular flexibility index (Phi) is 8.08. The summed E-state index contributed by atoms with van der Waals surface area (Å²) in [5.41, 5.74) is 1.23. The van der Waals surface area contributed by atoms with Crippen molar-refractivity contribution < 1.29 is 27.5 Å². The highest BCUT2D eigenvalue weighted by Crippen LogP contribution is 2.31. The molecule has 1 aromatic carbocycles. The fourth-order valence-electron chi connectivity index (χ4n) is 3.73.